The summed E-state index contributed by atoms with van der Waals surface area (Å²) < 4.78 is 0. The van der Waals surface area contributed by atoms with E-state index in [0.717, 1.165) is 25.9 Å². The van der Waals surface area contributed by atoms with Gasteiger partial charge in [0.25, 0.3) is 0 Å². The van der Waals surface area contributed by atoms with Gasteiger partial charge in [-0.05, 0) is 25.3 Å². The van der Waals surface area contributed by atoms with Crippen LogP contribution in [-0.2, 0) is 4.79 Å². The van der Waals surface area contributed by atoms with Gasteiger partial charge in [0, 0.05) is 13.1 Å². The maximum absolute atomic E-state index is 11.0. The van der Waals surface area contributed by atoms with Crippen molar-refractivity contribution >= 4 is 5.91 Å². The topological polar surface area (TPSA) is 20.3 Å². The van der Waals surface area contributed by atoms with Crippen molar-refractivity contribution in [2.45, 2.75) is 12.8 Å². The number of likely N-dealkylation sites (tertiary alicyclic amines) is 1. The minimum atomic E-state index is 0.0518. The third-order valence-corrected chi connectivity index (χ3v) is 1.67. The van der Waals surface area contributed by atoms with Crippen LogP contribution in [0.2, 0.25) is 0 Å². The Morgan fingerprint density at radius 2 is 2.50 bits per heavy atom. The zero-order valence-electron chi connectivity index (χ0n) is 6.05. The number of amides is 1. The number of hydrogen-bond acceptors (Lipinski definition) is 1. The van der Waals surface area contributed by atoms with Crippen molar-refractivity contribution in [3.05, 3.63) is 19.1 Å². The lowest BCUT2D eigenvalue weighted by Gasteiger charge is -2.24. The molecule has 55 valence electrons. The average Bonchev–Trinajstić information content (AvgIpc) is 2.05. The molecule has 0 saturated carbocycles. The quantitative estimate of drug-likeness (QED) is 0.495. The second-order valence-electron chi connectivity index (χ2n) is 2.42. The third-order valence-electron chi connectivity index (χ3n) is 1.67. The molecule has 1 saturated heterocycles. The van der Waals surface area contributed by atoms with Crippen LogP contribution in [0.4, 0.5) is 0 Å². The molecule has 2 heteroatoms. The van der Waals surface area contributed by atoms with E-state index in [1.54, 1.807) is 4.90 Å². The molecule has 1 fully saturated rings. The van der Waals surface area contributed by atoms with Crippen molar-refractivity contribution in [1.29, 1.82) is 0 Å². The fraction of sp³-hybridized carbons (Fsp3) is 0.500. The summed E-state index contributed by atoms with van der Waals surface area (Å²) >= 11 is 0. The molecular formula is C8H12NO. The first-order chi connectivity index (χ1) is 4.84. The average molecular weight is 138 g/mol. The second-order valence-corrected chi connectivity index (χ2v) is 2.42. The van der Waals surface area contributed by atoms with Gasteiger partial charge in [-0.25, -0.2) is 0 Å². The zero-order chi connectivity index (χ0) is 7.40. The molecule has 1 rings (SSSR count). The molecule has 1 aliphatic rings. The molecule has 0 bridgehead atoms. The molecule has 0 N–H and O–H groups in total. The summed E-state index contributed by atoms with van der Waals surface area (Å²) in [6, 6.07) is 0. The van der Waals surface area contributed by atoms with Crippen LogP contribution < -0.4 is 0 Å². The second kappa shape index (κ2) is 3.40. The van der Waals surface area contributed by atoms with Crippen molar-refractivity contribution in [2.75, 3.05) is 13.1 Å². The van der Waals surface area contributed by atoms with Crippen molar-refractivity contribution < 1.29 is 4.79 Å². The monoisotopic (exact) mass is 138 g/mol. The molecule has 1 heterocycles. The van der Waals surface area contributed by atoms with Crippen molar-refractivity contribution in [1.82, 2.24) is 4.90 Å². The van der Waals surface area contributed by atoms with Crippen LogP contribution in [0.1, 0.15) is 12.8 Å². The Hall–Kier alpha value is -0.790. The minimum absolute atomic E-state index is 0.0518. The standard InChI is InChI=1S/C8H12NO/c1-2-8(10)9-6-4-3-5-7-9/h2,4H,1,3,5-7H2. The highest BCUT2D eigenvalue weighted by Gasteiger charge is 2.12. The summed E-state index contributed by atoms with van der Waals surface area (Å²) in [5, 5.41) is 0. The Labute approximate surface area is 61.5 Å². The van der Waals surface area contributed by atoms with E-state index < -0.39 is 0 Å². The Bertz CT molecular complexity index is 136. The predicted octanol–water partition coefficient (Wildman–Crippen LogP) is 0.999. The molecular weight excluding hydrogens is 126 g/mol. The lowest BCUT2D eigenvalue weighted by Crippen LogP contribution is -2.34. The number of rotatable bonds is 1. The van der Waals surface area contributed by atoms with Gasteiger partial charge in [-0.2, -0.15) is 0 Å². The van der Waals surface area contributed by atoms with Gasteiger partial charge >= 0.3 is 0 Å². The number of nitrogens with zero attached hydrogens (tertiary/aromatic N) is 1. The highest BCUT2D eigenvalue weighted by Crippen LogP contribution is 2.07. The summed E-state index contributed by atoms with van der Waals surface area (Å²) in [4.78, 5) is 12.8. The van der Waals surface area contributed by atoms with Crippen molar-refractivity contribution in [3.8, 4) is 0 Å². The Morgan fingerprint density at radius 1 is 1.70 bits per heavy atom. The van der Waals surface area contributed by atoms with E-state index in [1.807, 2.05) is 0 Å². The summed E-state index contributed by atoms with van der Waals surface area (Å²) in [6.07, 6.45) is 5.74. The highest BCUT2D eigenvalue weighted by atomic mass is 16.2. The van der Waals surface area contributed by atoms with E-state index in [1.165, 1.54) is 6.08 Å². The zero-order valence-corrected chi connectivity index (χ0v) is 6.05. The molecule has 0 unspecified atom stereocenters. The Balaban J connectivity index is 2.38. The number of hydrogen-bond donors (Lipinski definition) is 0. The van der Waals surface area contributed by atoms with Crippen molar-refractivity contribution in [3.63, 3.8) is 0 Å². The van der Waals surface area contributed by atoms with E-state index in [-0.39, 0.29) is 5.91 Å². The third kappa shape index (κ3) is 1.59. The predicted molar refractivity (Wildman–Crippen MR) is 40.3 cm³/mol. The molecule has 0 spiro atoms. The van der Waals surface area contributed by atoms with Crippen LogP contribution in [0, 0.1) is 6.42 Å². The van der Waals surface area contributed by atoms with Gasteiger partial charge in [-0.15, -0.1) is 0 Å². The first-order valence-electron chi connectivity index (χ1n) is 3.57. The normalized spacial score (nSPS) is 18.6. The highest BCUT2D eigenvalue weighted by molar-refractivity contribution is 5.87. The molecule has 0 aromatic rings. The fourth-order valence-corrected chi connectivity index (χ4v) is 1.09. The summed E-state index contributed by atoms with van der Waals surface area (Å²) in [5.74, 6) is 0.0518. The summed E-state index contributed by atoms with van der Waals surface area (Å²) in [6.45, 7) is 5.12. The van der Waals surface area contributed by atoms with E-state index in [2.05, 4.69) is 13.0 Å². The molecule has 1 amide bonds. The van der Waals surface area contributed by atoms with Crippen molar-refractivity contribution in [2.24, 2.45) is 0 Å². The van der Waals surface area contributed by atoms with E-state index in [9.17, 15) is 4.79 Å². The van der Waals surface area contributed by atoms with Crippen LogP contribution in [0.15, 0.2) is 12.7 Å². The molecule has 0 aliphatic carbocycles. The molecule has 0 atom stereocenters. The molecule has 10 heavy (non-hydrogen) atoms. The first-order valence-corrected chi connectivity index (χ1v) is 3.57. The van der Waals surface area contributed by atoms with Gasteiger partial charge in [-0.3, -0.25) is 4.79 Å². The van der Waals surface area contributed by atoms with Crippen LogP contribution in [-0.4, -0.2) is 23.9 Å². The van der Waals surface area contributed by atoms with E-state index >= 15 is 0 Å². The molecule has 1 aliphatic heterocycles. The van der Waals surface area contributed by atoms with Gasteiger partial charge in [-0.1, -0.05) is 6.58 Å². The number of carbonyl (C=O) groups is 1. The van der Waals surface area contributed by atoms with Crippen LogP contribution in [0.25, 0.3) is 0 Å². The largest absolute Gasteiger partial charge is 0.339 e. The lowest BCUT2D eigenvalue weighted by atomic mass is 10.1. The molecule has 0 aromatic carbocycles. The molecule has 1 radical (unpaired) electrons. The van der Waals surface area contributed by atoms with Gasteiger partial charge in [0.05, 0.1) is 0 Å². The van der Waals surface area contributed by atoms with E-state index in [4.69, 9.17) is 0 Å². The first kappa shape index (κ1) is 7.32. The maximum atomic E-state index is 11.0. The summed E-state index contributed by atoms with van der Waals surface area (Å²) in [7, 11) is 0. The van der Waals surface area contributed by atoms with Gasteiger partial charge < -0.3 is 4.90 Å². The SMILES string of the molecule is C=CC(=O)N1C[CH]CCC1. The van der Waals surface area contributed by atoms with Crippen LogP contribution >= 0.6 is 0 Å². The molecule has 2 nitrogen and oxygen atoms in total. The minimum Gasteiger partial charge on any atom is -0.339 e. The number of carbonyl (C=O) groups excluding carboxylic acids is 1. The number of piperidine rings is 1. The van der Waals surface area contributed by atoms with Gasteiger partial charge in [0.2, 0.25) is 5.91 Å². The summed E-state index contributed by atoms with van der Waals surface area (Å²) in [5.41, 5.74) is 0. The van der Waals surface area contributed by atoms with Crippen LogP contribution in [0.5, 0.6) is 0 Å². The van der Waals surface area contributed by atoms with Crippen LogP contribution in [0.3, 0.4) is 0 Å². The maximum Gasteiger partial charge on any atom is 0.245 e. The molecule has 0 aromatic heterocycles. The fourth-order valence-electron chi connectivity index (χ4n) is 1.09. The lowest BCUT2D eigenvalue weighted by molar-refractivity contribution is -0.126. The Kier molecular flexibility index (Phi) is 2.49. The smallest absolute Gasteiger partial charge is 0.245 e. The van der Waals surface area contributed by atoms with E-state index in [0.29, 0.717) is 0 Å². The van der Waals surface area contributed by atoms with Gasteiger partial charge in [0.15, 0.2) is 0 Å². The van der Waals surface area contributed by atoms with Gasteiger partial charge in [0.1, 0.15) is 0 Å². The Morgan fingerprint density at radius 3 is 3.00 bits per heavy atom.